The molecule has 0 bridgehead atoms. The first kappa shape index (κ1) is 24.0. The van der Waals surface area contributed by atoms with Gasteiger partial charge in [-0.05, 0) is 31.0 Å². The van der Waals surface area contributed by atoms with E-state index in [1.54, 1.807) is 30.3 Å². The van der Waals surface area contributed by atoms with E-state index < -0.39 is 6.04 Å². The highest BCUT2D eigenvalue weighted by molar-refractivity contribution is 5.88. The molecule has 31 heavy (non-hydrogen) atoms. The lowest BCUT2D eigenvalue weighted by Gasteiger charge is -2.30. The van der Waals surface area contributed by atoms with Crippen molar-refractivity contribution >= 4 is 11.8 Å². The van der Waals surface area contributed by atoms with Gasteiger partial charge in [0, 0.05) is 31.3 Å². The molecule has 0 aliphatic rings. The summed E-state index contributed by atoms with van der Waals surface area (Å²) in [6.45, 7) is 3.97. The van der Waals surface area contributed by atoms with E-state index in [1.807, 2.05) is 13.8 Å². The molecule has 8 heteroatoms. The molecule has 0 heterocycles. The number of ether oxygens (including phenoxy) is 3. The highest BCUT2D eigenvalue weighted by Gasteiger charge is 2.28. The van der Waals surface area contributed by atoms with Gasteiger partial charge in [-0.25, -0.2) is 4.39 Å². The fourth-order valence-electron chi connectivity index (χ4n) is 3.09. The van der Waals surface area contributed by atoms with Crippen LogP contribution in [-0.2, 0) is 16.1 Å². The summed E-state index contributed by atoms with van der Waals surface area (Å²) < 4.78 is 29.4. The molecule has 1 atom stereocenters. The van der Waals surface area contributed by atoms with E-state index in [4.69, 9.17) is 14.2 Å². The Bertz CT molecular complexity index is 851. The molecule has 1 N–H and O–H groups in total. The summed E-state index contributed by atoms with van der Waals surface area (Å²) in [5, 5.41) is 2.76. The van der Waals surface area contributed by atoms with Crippen molar-refractivity contribution < 1.29 is 28.2 Å². The second-order valence-corrected chi connectivity index (χ2v) is 6.80. The number of hydrogen-bond acceptors (Lipinski definition) is 5. The van der Waals surface area contributed by atoms with Crippen LogP contribution in [0.1, 0.15) is 25.8 Å². The second-order valence-electron chi connectivity index (χ2n) is 6.80. The summed E-state index contributed by atoms with van der Waals surface area (Å²) >= 11 is 0. The van der Waals surface area contributed by atoms with Crippen molar-refractivity contribution in [2.75, 3.05) is 27.4 Å². The molecular formula is C23H29FN2O5. The van der Waals surface area contributed by atoms with E-state index in [9.17, 15) is 14.0 Å². The molecule has 0 radical (unpaired) electrons. The predicted octanol–water partition coefficient (Wildman–Crippen LogP) is 3.17. The van der Waals surface area contributed by atoms with Crippen LogP contribution in [0.4, 0.5) is 4.39 Å². The van der Waals surface area contributed by atoms with Gasteiger partial charge in [-0.1, -0.05) is 19.1 Å². The van der Waals surface area contributed by atoms with E-state index in [-0.39, 0.29) is 30.8 Å². The van der Waals surface area contributed by atoms with Gasteiger partial charge in [0.05, 0.1) is 14.2 Å². The zero-order valence-corrected chi connectivity index (χ0v) is 18.3. The monoisotopic (exact) mass is 432 g/mol. The minimum absolute atomic E-state index is 0.152. The predicted molar refractivity (Wildman–Crippen MR) is 115 cm³/mol. The Hall–Kier alpha value is -3.29. The number of benzene rings is 2. The molecule has 0 aliphatic carbocycles. The number of rotatable bonds is 11. The van der Waals surface area contributed by atoms with Gasteiger partial charge in [0.25, 0.3) is 5.91 Å². The van der Waals surface area contributed by atoms with Gasteiger partial charge in [0.15, 0.2) is 6.61 Å². The van der Waals surface area contributed by atoms with Crippen molar-refractivity contribution in [2.24, 2.45) is 0 Å². The highest BCUT2D eigenvalue weighted by atomic mass is 19.1. The van der Waals surface area contributed by atoms with Gasteiger partial charge in [-0.3, -0.25) is 9.59 Å². The number of carbonyl (C=O) groups is 2. The average Bonchev–Trinajstić information content (AvgIpc) is 2.78. The summed E-state index contributed by atoms with van der Waals surface area (Å²) in [4.78, 5) is 27.1. The number of methoxy groups -OCH3 is 2. The lowest BCUT2D eigenvalue weighted by Crippen LogP contribution is -2.50. The molecule has 168 valence electrons. The maximum atomic E-state index is 13.3. The van der Waals surface area contributed by atoms with Crippen molar-refractivity contribution in [2.45, 2.75) is 32.9 Å². The van der Waals surface area contributed by atoms with Crippen LogP contribution in [0.25, 0.3) is 0 Å². The first-order chi connectivity index (χ1) is 14.9. The molecule has 2 rings (SSSR count). The minimum atomic E-state index is -0.680. The molecule has 0 saturated carbocycles. The van der Waals surface area contributed by atoms with Crippen LogP contribution in [0.2, 0.25) is 0 Å². The topological polar surface area (TPSA) is 77.1 Å². The Morgan fingerprint density at radius 3 is 2.10 bits per heavy atom. The van der Waals surface area contributed by atoms with Crippen LogP contribution < -0.4 is 19.5 Å². The largest absolute Gasteiger partial charge is 0.496 e. The van der Waals surface area contributed by atoms with Crippen molar-refractivity contribution in [3.63, 3.8) is 0 Å². The number of nitrogens with one attached hydrogen (secondary N) is 1. The van der Waals surface area contributed by atoms with E-state index in [1.165, 1.54) is 31.3 Å². The number of hydrogen-bond donors (Lipinski definition) is 1. The minimum Gasteiger partial charge on any atom is -0.496 e. The molecule has 0 aliphatic heterocycles. The van der Waals surface area contributed by atoms with Crippen molar-refractivity contribution in [1.29, 1.82) is 0 Å². The highest BCUT2D eigenvalue weighted by Crippen LogP contribution is 2.27. The first-order valence-electron chi connectivity index (χ1n) is 10.1. The third-order valence-electron chi connectivity index (χ3n) is 4.69. The Morgan fingerprint density at radius 2 is 1.58 bits per heavy atom. The summed E-state index contributed by atoms with van der Waals surface area (Å²) in [5.74, 6) is 0.468. The number of amides is 2. The normalized spacial score (nSPS) is 11.4. The van der Waals surface area contributed by atoms with Gasteiger partial charge in [0.2, 0.25) is 5.91 Å². The van der Waals surface area contributed by atoms with Crippen LogP contribution in [0.5, 0.6) is 17.2 Å². The van der Waals surface area contributed by atoms with Crippen LogP contribution in [0, 0.1) is 5.82 Å². The number of likely N-dealkylation sites (N-methyl/N-ethyl adjacent to an activating group) is 1. The Balaban J connectivity index is 2.22. The zero-order chi connectivity index (χ0) is 22.8. The lowest BCUT2D eigenvalue weighted by atomic mass is 10.1. The molecule has 0 unspecified atom stereocenters. The van der Waals surface area contributed by atoms with E-state index in [0.29, 0.717) is 35.8 Å². The van der Waals surface area contributed by atoms with Crippen molar-refractivity contribution in [3.05, 3.63) is 53.8 Å². The van der Waals surface area contributed by atoms with Gasteiger partial charge in [0.1, 0.15) is 29.1 Å². The maximum Gasteiger partial charge on any atom is 0.261 e. The summed E-state index contributed by atoms with van der Waals surface area (Å²) in [6, 6.07) is 10.1. The SMILES string of the molecule is CCNC(=O)[C@@H](CC)N(Cc1ccc(F)cc1)C(=O)COc1cc(OC)cc(OC)c1. The van der Waals surface area contributed by atoms with E-state index >= 15 is 0 Å². The summed E-state index contributed by atoms with van der Waals surface area (Å²) in [7, 11) is 3.04. The average molecular weight is 432 g/mol. The Morgan fingerprint density at radius 1 is 1.00 bits per heavy atom. The van der Waals surface area contributed by atoms with E-state index in [2.05, 4.69) is 5.32 Å². The quantitative estimate of drug-likeness (QED) is 0.590. The Labute approximate surface area is 182 Å². The second kappa shape index (κ2) is 11.8. The fourth-order valence-corrected chi connectivity index (χ4v) is 3.09. The standard InChI is InChI=1S/C23H29FN2O5/c1-5-21(23(28)25-6-2)26(14-16-7-9-17(24)10-8-16)22(27)15-31-20-12-18(29-3)11-19(13-20)30-4/h7-13,21H,5-6,14-15H2,1-4H3,(H,25,28)/t21-/m1/s1. The molecule has 0 aromatic heterocycles. The Kier molecular flexibility index (Phi) is 9.12. The molecule has 0 fully saturated rings. The molecule has 0 spiro atoms. The molecule has 2 amide bonds. The van der Waals surface area contributed by atoms with E-state index in [0.717, 1.165) is 0 Å². The van der Waals surface area contributed by atoms with Crippen LogP contribution in [0.3, 0.4) is 0 Å². The van der Waals surface area contributed by atoms with Crippen LogP contribution in [-0.4, -0.2) is 50.1 Å². The number of halogens is 1. The van der Waals surface area contributed by atoms with Crippen molar-refractivity contribution in [1.82, 2.24) is 10.2 Å². The number of carbonyl (C=O) groups excluding carboxylic acids is 2. The zero-order valence-electron chi connectivity index (χ0n) is 18.3. The smallest absolute Gasteiger partial charge is 0.261 e. The van der Waals surface area contributed by atoms with Gasteiger partial charge in [-0.15, -0.1) is 0 Å². The lowest BCUT2D eigenvalue weighted by molar-refractivity contribution is -0.142. The summed E-state index contributed by atoms with van der Waals surface area (Å²) in [5.41, 5.74) is 0.709. The van der Waals surface area contributed by atoms with Gasteiger partial charge < -0.3 is 24.4 Å². The third kappa shape index (κ3) is 6.87. The fraction of sp³-hybridized carbons (Fsp3) is 0.391. The van der Waals surface area contributed by atoms with Crippen LogP contribution in [0.15, 0.2) is 42.5 Å². The maximum absolute atomic E-state index is 13.3. The first-order valence-corrected chi connectivity index (χ1v) is 10.1. The molecule has 0 saturated heterocycles. The molecular weight excluding hydrogens is 403 g/mol. The van der Waals surface area contributed by atoms with Gasteiger partial charge in [-0.2, -0.15) is 0 Å². The molecule has 2 aromatic rings. The third-order valence-corrected chi connectivity index (χ3v) is 4.69. The van der Waals surface area contributed by atoms with Gasteiger partial charge >= 0.3 is 0 Å². The molecule has 2 aromatic carbocycles. The summed E-state index contributed by atoms with van der Waals surface area (Å²) in [6.07, 6.45) is 0.422. The molecule has 7 nitrogen and oxygen atoms in total. The van der Waals surface area contributed by atoms with Crippen molar-refractivity contribution in [3.8, 4) is 17.2 Å². The van der Waals surface area contributed by atoms with Crippen LogP contribution >= 0.6 is 0 Å². The number of nitrogens with zero attached hydrogens (tertiary/aromatic N) is 1.